The van der Waals surface area contributed by atoms with Crippen molar-refractivity contribution in [3.63, 3.8) is 0 Å². The Labute approximate surface area is 134 Å². The number of ether oxygens (including phenoxy) is 3. The summed E-state index contributed by atoms with van der Waals surface area (Å²) in [5, 5.41) is 0. The highest BCUT2D eigenvalue weighted by Crippen LogP contribution is 2.22. The van der Waals surface area contributed by atoms with Crippen molar-refractivity contribution in [1.29, 1.82) is 0 Å². The van der Waals surface area contributed by atoms with Crippen LogP contribution in [0, 0.1) is 0 Å². The van der Waals surface area contributed by atoms with Gasteiger partial charge in [0, 0.05) is 25.4 Å². The molecule has 0 saturated carbocycles. The van der Waals surface area contributed by atoms with E-state index in [4.69, 9.17) is 14.2 Å². The van der Waals surface area contributed by atoms with Crippen molar-refractivity contribution in [2.24, 2.45) is 0 Å². The van der Waals surface area contributed by atoms with E-state index in [0.717, 1.165) is 0 Å². The van der Waals surface area contributed by atoms with Crippen molar-refractivity contribution >= 4 is 5.91 Å². The number of carbonyl (C=O) groups is 1. The predicted molar refractivity (Wildman–Crippen MR) is 83.6 cm³/mol. The summed E-state index contributed by atoms with van der Waals surface area (Å²) in [6.45, 7) is 2.45. The van der Waals surface area contributed by atoms with E-state index in [0.29, 0.717) is 43.7 Å². The monoisotopic (exact) mass is 314 g/mol. The first-order valence-electron chi connectivity index (χ1n) is 7.48. The highest BCUT2D eigenvalue weighted by molar-refractivity contribution is 5.77. The van der Waals surface area contributed by atoms with Crippen LogP contribution in [0.4, 0.5) is 0 Å². The van der Waals surface area contributed by atoms with Crippen LogP contribution in [0.15, 0.2) is 48.7 Å². The fourth-order valence-electron chi connectivity index (χ4n) is 2.18. The lowest BCUT2D eigenvalue weighted by atomic mass is 10.3. The number of amides is 1. The summed E-state index contributed by atoms with van der Waals surface area (Å²) in [5.74, 6) is 1.79. The van der Waals surface area contributed by atoms with E-state index >= 15 is 0 Å². The van der Waals surface area contributed by atoms with Crippen LogP contribution in [0.3, 0.4) is 0 Å². The smallest absolute Gasteiger partial charge is 0.260 e. The Kier molecular flexibility index (Phi) is 5.06. The molecular formula is C17H18N2O4. The maximum atomic E-state index is 12.0. The van der Waals surface area contributed by atoms with E-state index in [-0.39, 0.29) is 12.5 Å². The fraction of sp³-hybridized carbons (Fsp3) is 0.294. The number of benzene rings is 1. The summed E-state index contributed by atoms with van der Waals surface area (Å²) in [6, 6.07) is 12.6. The van der Waals surface area contributed by atoms with Gasteiger partial charge in [0.25, 0.3) is 5.91 Å². The molecule has 1 saturated heterocycles. The van der Waals surface area contributed by atoms with Gasteiger partial charge in [-0.3, -0.25) is 4.79 Å². The molecule has 1 aromatic heterocycles. The van der Waals surface area contributed by atoms with Gasteiger partial charge < -0.3 is 19.1 Å². The third-order valence-corrected chi connectivity index (χ3v) is 3.41. The van der Waals surface area contributed by atoms with Gasteiger partial charge in [-0.05, 0) is 30.3 Å². The zero-order valence-electron chi connectivity index (χ0n) is 12.7. The van der Waals surface area contributed by atoms with Crippen LogP contribution in [-0.2, 0) is 9.53 Å². The number of nitrogens with zero attached hydrogens (tertiary/aromatic N) is 2. The normalized spacial score (nSPS) is 14.3. The van der Waals surface area contributed by atoms with Crippen LogP contribution in [0.25, 0.3) is 0 Å². The van der Waals surface area contributed by atoms with Crippen LogP contribution < -0.4 is 9.47 Å². The summed E-state index contributed by atoms with van der Waals surface area (Å²) in [5.41, 5.74) is 0. The summed E-state index contributed by atoms with van der Waals surface area (Å²) < 4.78 is 16.3. The number of rotatable bonds is 5. The minimum Gasteiger partial charge on any atom is -0.484 e. The van der Waals surface area contributed by atoms with Crippen LogP contribution in [0.1, 0.15) is 0 Å². The third kappa shape index (κ3) is 4.43. The lowest BCUT2D eigenvalue weighted by Crippen LogP contribution is -2.42. The topological polar surface area (TPSA) is 60.9 Å². The number of pyridine rings is 1. The second-order valence-electron chi connectivity index (χ2n) is 5.02. The van der Waals surface area contributed by atoms with Crippen molar-refractivity contribution in [3.05, 3.63) is 48.7 Å². The first-order chi connectivity index (χ1) is 11.3. The molecule has 6 heteroatoms. The van der Waals surface area contributed by atoms with Crippen molar-refractivity contribution in [1.82, 2.24) is 9.88 Å². The molecule has 0 radical (unpaired) electrons. The highest BCUT2D eigenvalue weighted by atomic mass is 16.5. The van der Waals surface area contributed by atoms with E-state index in [1.807, 2.05) is 12.1 Å². The van der Waals surface area contributed by atoms with E-state index in [1.54, 1.807) is 41.4 Å². The first-order valence-corrected chi connectivity index (χ1v) is 7.48. The predicted octanol–water partition coefficient (Wildman–Crippen LogP) is 2.11. The van der Waals surface area contributed by atoms with Crippen LogP contribution in [-0.4, -0.2) is 48.7 Å². The van der Waals surface area contributed by atoms with Gasteiger partial charge in [0.05, 0.1) is 13.2 Å². The molecule has 23 heavy (non-hydrogen) atoms. The largest absolute Gasteiger partial charge is 0.484 e. The van der Waals surface area contributed by atoms with Gasteiger partial charge in [0.15, 0.2) is 6.61 Å². The zero-order valence-corrected chi connectivity index (χ0v) is 12.7. The summed E-state index contributed by atoms with van der Waals surface area (Å²) in [4.78, 5) is 17.8. The van der Waals surface area contributed by atoms with Crippen LogP contribution >= 0.6 is 0 Å². The number of morpholine rings is 1. The summed E-state index contributed by atoms with van der Waals surface area (Å²) in [7, 11) is 0. The Hall–Kier alpha value is -2.60. The molecule has 0 N–H and O–H groups in total. The van der Waals surface area contributed by atoms with Gasteiger partial charge in [-0.25, -0.2) is 4.98 Å². The minimum absolute atomic E-state index is 0.0258. The summed E-state index contributed by atoms with van der Waals surface area (Å²) >= 11 is 0. The molecule has 1 fully saturated rings. The Morgan fingerprint density at radius 2 is 1.83 bits per heavy atom. The Morgan fingerprint density at radius 3 is 2.52 bits per heavy atom. The molecule has 0 atom stereocenters. The van der Waals surface area contributed by atoms with Gasteiger partial charge in [-0.2, -0.15) is 0 Å². The van der Waals surface area contributed by atoms with Gasteiger partial charge in [0.2, 0.25) is 5.88 Å². The molecule has 120 valence electrons. The standard InChI is InChI=1S/C17H18N2O4/c20-17(19-9-11-21-12-10-19)13-22-14-4-6-15(7-5-14)23-16-3-1-2-8-18-16/h1-8H,9-13H2. The number of hydrogen-bond acceptors (Lipinski definition) is 5. The zero-order chi connectivity index (χ0) is 15.9. The quantitative estimate of drug-likeness (QED) is 0.846. The molecule has 3 rings (SSSR count). The SMILES string of the molecule is O=C(COc1ccc(Oc2ccccn2)cc1)N1CCOCC1. The number of aromatic nitrogens is 1. The Balaban J connectivity index is 1.50. The molecule has 1 aliphatic rings. The second kappa shape index (κ2) is 7.60. The van der Waals surface area contributed by atoms with E-state index in [1.165, 1.54) is 0 Å². The van der Waals surface area contributed by atoms with Crippen LogP contribution in [0.2, 0.25) is 0 Å². The highest BCUT2D eigenvalue weighted by Gasteiger charge is 2.17. The minimum atomic E-state index is -0.0258. The lowest BCUT2D eigenvalue weighted by Gasteiger charge is -2.26. The van der Waals surface area contributed by atoms with Gasteiger partial charge in [0.1, 0.15) is 11.5 Å². The Morgan fingerprint density at radius 1 is 1.09 bits per heavy atom. The molecule has 1 aliphatic heterocycles. The second-order valence-corrected chi connectivity index (χ2v) is 5.02. The molecule has 0 spiro atoms. The maximum Gasteiger partial charge on any atom is 0.260 e. The molecule has 2 heterocycles. The average molecular weight is 314 g/mol. The molecule has 0 unspecified atom stereocenters. The molecule has 6 nitrogen and oxygen atoms in total. The van der Waals surface area contributed by atoms with Gasteiger partial charge in [-0.1, -0.05) is 6.07 Å². The number of carbonyl (C=O) groups excluding carboxylic acids is 1. The molecule has 0 bridgehead atoms. The molecule has 0 aliphatic carbocycles. The first kappa shape index (κ1) is 15.3. The molecular weight excluding hydrogens is 296 g/mol. The van der Waals surface area contributed by atoms with Gasteiger partial charge in [-0.15, -0.1) is 0 Å². The fourth-order valence-corrected chi connectivity index (χ4v) is 2.18. The van der Waals surface area contributed by atoms with E-state index in [2.05, 4.69) is 4.98 Å². The average Bonchev–Trinajstić information content (AvgIpc) is 2.62. The molecule has 1 aromatic carbocycles. The van der Waals surface area contributed by atoms with Crippen molar-refractivity contribution in [2.75, 3.05) is 32.9 Å². The Bertz CT molecular complexity index is 625. The van der Waals surface area contributed by atoms with E-state index < -0.39 is 0 Å². The molecule has 1 amide bonds. The maximum absolute atomic E-state index is 12.0. The van der Waals surface area contributed by atoms with Gasteiger partial charge >= 0.3 is 0 Å². The van der Waals surface area contributed by atoms with Crippen LogP contribution in [0.5, 0.6) is 17.4 Å². The summed E-state index contributed by atoms with van der Waals surface area (Å²) in [6.07, 6.45) is 1.67. The molecule has 2 aromatic rings. The van der Waals surface area contributed by atoms with Crippen molar-refractivity contribution in [2.45, 2.75) is 0 Å². The number of hydrogen-bond donors (Lipinski definition) is 0. The lowest BCUT2D eigenvalue weighted by molar-refractivity contribution is -0.137. The van der Waals surface area contributed by atoms with E-state index in [9.17, 15) is 4.79 Å². The van der Waals surface area contributed by atoms with Crippen molar-refractivity contribution < 1.29 is 19.0 Å². The third-order valence-electron chi connectivity index (χ3n) is 3.41. The van der Waals surface area contributed by atoms with Crippen molar-refractivity contribution in [3.8, 4) is 17.4 Å².